The summed E-state index contributed by atoms with van der Waals surface area (Å²) in [6.45, 7) is -0.539. The summed E-state index contributed by atoms with van der Waals surface area (Å²) in [5, 5.41) is 0. The van der Waals surface area contributed by atoms with Gasteiger partial charge in [0.2, 0.25) is 0 Å². The highest BCUT2D eigenvalue weighted by Gasteiger charge is 2.34. The van der Waals surface area contributed by atoms with Gasteiger partial charge in [0.15, 0.2) is 11.6 Å². The first-order valence-corrected chi connectivity index (χ1v) is 9.82. The number of nitrogens with one attached hydrogen (secondary N) is 1. The lowest BCUT2D eigenvalue weighted by Crippen LogP contribution is -2.15. The third kappa shape index (κ3) is 4.33. The molecular weight excluding hydrogens is 415 g/mol. The number of alkyl halides is 3. The van der Waals surface area contributed by atoms with Crippen LogP contribution < -0.4 is 15.5 Å². The zero-order valence-electron chi connectivity index (χ0n) is 16.4. The number of rotatable bonds is 5. The number of halogens is 5. The Morgan fingerprint density at radius 3 is 2.42 bits per heavy atom. The molecule has 1 aromatic heterocycles. The summed E-state index contributed by atoms with van der Waals surface area (Å²) in [4.78, 5) is 2.80. The van der Waals surface area contributed by atoms with Crippen molar-refractivity contribution >= 4 is 5.82 Å². The van der Waals surface area contributed by atoms with Gasteiger partial charge in [0.25, 0.3) is 5.82 Å². The van der Waals surface area contributed by atoms with Crippen LogP contribution >= 0.6 is 0 Å². The molecule has 8 heteroatoms. The van der Waals surface area contributed by atoms with Gasteiger partial charge in [-0.05, 0) is 37.0 Å². The zero-order valence-corrected chi connectivity index (χ0v) is 16.4. The molecule has 2 aromatic carbocycles. The van der Waals surface area contributed by atoms with E-state index in [-0.39, 0.29) is 22.8 Å². The van der Waals surface area contributed by atoms with E-state index in [0.717, 1.165) is 31.4 Å². The molecule has 3 N–H and O–H groups in total. The van der Waals surface area contributed by atoms with Crippen LogP contribution in [0, 0.1) is 11.6 Å². The van der Waals surface area contributed by atoms with E-state index in [0.29, 0.717) is 23.0 Å². The molecule has 0 atom stereocenters. The Bertz CT molecular complexity index is 1090. The van der Waals surface area contributed by atoms with Crippen molar-refractivity contribution in [3.8, 4) is 16.9 Å². The predicted molar refractivity (Wildman–Crippen MR) is 105 cm³/mol. The number of hydrogen-bond acceptors (Lipinski definition) is 2. The molecule has 3 aromatic rings. The van der Waals surface area contributed by atoms with E-state index < -0.39 is 30.0 Å². The normalized spacial score (nSPS) is 14.4. The molecule has 1 saturated carbocycles. The number of H-pyrrole nitrogens is 1. The molecule has 3 nitrogen and oxygen atoms in total. The SMILES string of the molecule is Nc1ccc(-c2ccc(C3CCC3)c(OCc3ccc(F)cc3C(F)(F)F)c2F)c[nH+]1. The molecule has 1 aliphatic rings. The van der Waals surface area contributed by atoms with Crippen molar-refractivity contribution in [3.63, 3.8) is 0 Å². The Morgan fingerprint density at radius 1 is 1.03 bits per heavy atom. The summed E-state index contributed by atoms with van der Waals surface area (Å²) < 4.78 is 74.5. The van der Waals surface area contributed by atoms with Gasteiger partial charge in [-0.1, -0.05) is 24.6 Å². The third-order valence-electron chi connectivity index (χ3n) is 5.57. The minimum Gasteiger partial charge on any atom is -0.485 e. The number of nitrogens with two attached hydrogens (primary N) is 1. The third-order valence-corrected chi connectivity index (χ3v) is 5.57. The van der Waals surface area contributed by atoms with Gasteiger partial charge in [-0.2, -0.15) is 13.2 Å². The van der Waals surface area contributed by atoms with Crippen LogP contribution in [0.15, 0.2) is 48.7 Å². The highest BCUT2D eigenvalue weighted by atomic mass is 19.4. The Labute approximate surface area is 175 Å². The summed E-state index contributed by atoms with van der Waals surface area (Å²) in [7, 11) is 0. The van der Waals surface area contributed by atoms with Crippen LogP contribution in [-0.2, 0) is 12.8 Å². The predicted octanol–water partition coefficient (Wildman–Crippen LogP) is 5.89. The van der Waals surface area contributed by atoms with Crippen molar-refractivity contribution in [1.29, 1.82) is 0 Å². The van der Waals surface area contributed by atoms with Gasteiger partial charge in [-0.25, -0.2) is 13.8 Å². The highest BCUT2D eigenvalue weighted by Crippen LogP contribution is 2.44. The van der Waals surface area contributed by atoms with Crippen molar-refractivity contribution in [2.75, 3.05) is 5.73 Å². The lowest BCUT2D eigenvalue weighted by molar-refractivity contribution is -0.359. The molecular formula is C23H20F5N2O+. The number of benzene rings is 2. The van der Waals surface area contributed by atoms with E-state index in [9.17, 15) is 17.6 Å². The van der Waals surface area contributed by atoms with Gasteiger partial charge in [0.1, 0.15) is 12.4 Å². The molecule has 1 fully saturated rings. The quantitative estimate of drug-likeness (QED) is 0.508. The summed E-state index contributed by atoms with van der Waals surface area (Å²) in [5.41, 5.74) is 5.63. The van der Waals surface area contributed by atoms with Crippen LogP contribution in [0.3, 0.4) is 0 Å². The molecule has 0 spiro atoms. The molecule has 1 heterocycles. The van der Waals surface area contributed by atoms with Crippen molar-refractivity contribution in [2.24, 2.45) is 0 Å². The number of anilines is 1. The molecule has 0 bridgehead atoms. The summed E-state index contributed by atoms with van der Waals surface area (Å²) in [5.74, 6) is -1.23. The van der Waals surface area contributed by atoms with Crippen molar-refractivity contribution in [2.45, 2.75) is 38.0 Å². The second-order valence-electron chi connectivity index (χ2n) is 7.59. The van der Waals surface area contributed by atoms with Crippen LogP contribution in [0.4, 0.5) is 27.8 Å². The topological polar surface area (TPSA) is 49.4 Å². The maximum Gasteiger partial charge on any atom is 0.416 e. The van der Waals surface area contributed by atoms with Crippen LogP contribution in [-0.4, -0.2) is 0 Å². The van der Waals surface area contributed by atoms with Gasteiger partial charge in [0.05, 0.1) is 11.8 Å². The second kappa shape index (κ2) is 8.17. The Balaban J connectivity index is 1.72. The van der Waals surface area contributed by atoms with E-state index in [1.165, 1.54) is 0 Å². The Morgan fingerprint density at radius 2 is 1.81 bits per heavy atom. The Hall–Kier alpha value is -3.16. The number of hydrogen-bond donors (Lipinski definition) is 1. The fraction of sp³-hybridized carbons (Fsp3) is 0.261. The average molecular weight is 435 g/mol. The number of ether oxygens (including phenoxy) is 1. The first kappa shape index (κ1) is 21.1. The molecule has 4 rings (SSSR count). The van der Waals surface area contributed by atoms with E-state index >= 15 is 4.39 Å². The van der Waals surface area contributed by atoms with Crippen molar-refractivity contribution in [3.05, 3.63) is 77.0 Å². The number of aromatic nitrogens is 1. The second-order valence-corrected chi connectivity index (χ2v) is 7.59. The minimum atomic E-state index is -4.75. The summed E-state index contributed by atoms with van der Waals surface area (Å²) in [6.07, 6.45) is -0.499. The highest BCUT2D eigenvalue weighted by molar-refractivity contribution is 5.66. The minimum absolute atomic E-state index is 0.0727. The van der Waals surface area contributed by atoms with E-state index in [4.69, 9.17) is 10.5 Å². The monoisotopic (exact) mass is 435 g/mol. The molecule has 0 unspecified atom stereocenters. The van der Waals surface area contributed by atoms with E-state index in [1.54, 1.807) is 30.5 Å². The molecule has 0 radical (unpaired) electrons. The lowest BCUT2D eigenvalue weighted by Gasteiger charge is -2.28. The smallest absolute Gasteiger partial charge is 0.416 e. The van der Waals surface area contributed by atoms with Gasteiger partial charge in [0, 0.05) is 28.3 Å². The number of pyridine rings is 1. The first-order valence-electron chi connectivity index (χ1n) is 9.82. The maximum absolute atomic E-state index is 15.5. The largest absolute Gasteiger partial charge is 0.485 e. The Kier molecular flexibility index (Phi) is 5.56. The fourth-order valence-corrected chi connectivity index (χ4v) is 3.67. The van der Waals surface area contributed by atoms with Crippen LogP contribution in [0.25, 0.3) is 11.1 Å². The molecule has 0 saturated heterocycles. The summed E-state index contributed by atoms with van der Waals surface area (Å²) >= 11 is 0. The van der Waals surface area contributed by atoms with Crippen LogP contribution in [0.1, 0.15) is 41.9 Å². The van der Waals surface area contributed by atoms with E-state index in [2.05, 4.69) is 4.98 Å². The lowest BCUT2D eigenvalue weighted by atomic mass is 9.79. The van der Waals surface area contributed by atoms with Gasteiger partial charge < -0.3 is 4.74 Å². The average Bonchev–Trinajstić information content (AvgIpc) is 2.67. The summed E-state index contributed by atoms with van der Waals surface area (Å²) in [6, 6.07) is 8.97. The molecule has 1 aliphatic carbocycles. The van der Waals surface area contributed by atoms with Gasteiger partial charge in [-0.15, -0.1) is 0 Å². The van der Waals surface area contributed by atoms with Crippen LogP contribution in [0.2, 0.25) is 0 Å². The van der Waals surface area contributed by atoms with E-state index in [1.807, 2.05) is 0 Å². The van der Waals surface area contributed by atoms with Crippen molar-refractivity contribution < 1.29 is 31.7 Å². The van der Waals surface area contributed by atoms with Gasteiger partial charge in [-0.3, -0.25) is 5.73 Å². The maximum atomic E-state index is 15.5. The standard InChI is InChI=1S/C23H19F5N2O/c24-16-6-4-15(19(10-16)23(26,27)28)12-31-22-18(13-2-1-3-13)8-7-17(21(22)25)14-5-9-20(29)30-11-14/h4-11,13H,1-3,12H2,(H2,29,30)/p+1. The molecule has 162 valence electrons. The number of aromatic amines is 1. The van der Waals surface area contributed by atoms with Crippen LogP contribution in [0.5, 0.6) is 5.75 Å². The fourth-order valence-electron chi connectivity index (χ4n) is 3.67. The number of nitrogen functional groups attached to an aromatic ring is 1. The van der Waals surface area contributed by atoms with Gasteiger partial charge >= 0.3 is 6.18 Å². The zero-order chi connectivity index (χ0) is 22.2. The van der Waals surface area contributed by atoms with Crippen molar-refractivity contribution in [1.82, 2.24) is 0 Å². The molecule has 0 amide bonds. The molecule has 31 heavy (non-hydrogen) atoms. The molecule has 0 aliphatic heterocycles. The first-order chi connectivity index (χ1) is 14.7.